The number of rotatable bonds is 22. The van der Waals surface area contributed by atoms with Gasteiger partial charge in [0.2, 0.25) is 0 Å². The molecule has 0 bridgehead atoms. The van der Waals surface area contributed by atoms with E-state index < -0.39 is 246 Å². The highest BCUT2D eigenvalue weighted by Crippen LogP contribution is 2.46. The first-order chi connectivity index (χ1) is 44.7. The molecule has 0 spiro atoms. The minimum absolute atomic E-state index is 0.00841. The van der Waals surface area contributed by atoms with Gasteiger partial charge in [-0.1, -0.05) is 12.2 Å². The molecule has 30 atom stereocenters. The summed E-state index contributed by atoms with van der Waals surface area (Å²) in [7, 11) is 0. The number of aliphatic hydroxyl groups excluding tert-OH is 17. The molecule has 0 aromatic carbocycles. The summed E-state index contributed by atoms with van der Waals surface area (Å²) in [5.74, 6) is -6.23. The molecule has 5 saturated heterocycles. The highest BCUT2D eigenvalue weighted by atomic mass is 16.7. The lowest BCUT2D eigenvalue weighted by Crippen LogP contribution is -2.64. The molecular weight excluding hydrogens is 1260 g/mol. The summed E-state index contributed by atoms with van der Waals surface area (Å²) in [6.45, 7) is -2.86. The Labute approximate surface area is 538 Å². The Morgan fingerprint density at radius 2 is 0.819 bits per heavy atom. The number of aliphatic hydroxyl groups is 17. The third-order valence-corrected chi connectivity index (χ3v) is 19.5. The maximum absolute atomic E-state index is 13.2. The summed E-state index contributed by atoms with van der Waals surface area (Å²) in [6, 6.07) is 0. The van der Waals surface area contributed by atoms with Crippen molar-refractivity contribution in [3.63, 3.8) is 0 Å². The molecule has 18 N–H and O–H groups in total. The quantitative estimate of drug-likeness (QED) is 0.0207. The molecule has 34 heteroatoms. The van der Waals surface area contributed by atoms with Crippen LogP contribution in [0.2, 0.25) is 0 Å². The van der Waals surface area contributed by atoms with Gasteiger partial charge in [-0.3, -0.25) is 9.59 Å². The van der Waals surface area contributed by atoms with E-state index in [0.29, 0.717) is 51.4 Å². The summed E-state index contributed by atoms with van der Waals surface area (Å²) >= 11 is 0. The van der Waals surface area contributed by atoms with Crippen molar-refractivity contribution >= 4 is 23.9 Å². The standard InChI is InChI=1S/C60H92O34/c61-19-35-44(71)48(75)53(80)58(91-35)88-32-13-25(56-34(17-29-30(64)15-27(63)16-31(29)87-56)90-60-55(82)51(78)47(74)38(94-60)22-85-42(69)18-39(65)66)14-33(43(32)70)89-59-54(81)50(77)46(73)37(93-59)21-84-41(68)12-6-24-3-9-28(10-4-24)86-57-52(79)49(76)45(72)36(92-57)20-83-40(67)11-5-23-1-7-26(62)8-2-23/h5-6,11-12,23-38,43-64,70-82H,1-4,7-10,13-22H2,(H,65,66)/t23?,24?,25?,26?,27?,28?,29?,30?,31?,32?,33?,34?,35-,36-,37-,38-,43?,44-,45-,46-,47-,48+,49+,50+,51+,52-,53-,54-,55-,56?,57-,58-,59-,60-/m1/s1. The molecule has 94 heavy (non-hydrogen) atoms. The van der Waals surface area contributed by atoms with Crippen LogP contribution in [0.15, 0.2) is 24.3 Å². The molecule has 34 nitrogen and oxygen atoms in total. The fraction of sp³-hybridized carbons (Fsp3) is 0.867. The van der Waals surface area contributed by atoms with Gasteiger partial charge >= 0.3 is 23.9 Å². The Morgan fingerprint density at radius 3 is 1.28 bits per heavy atom. The first kappa shape index (κ1) is 74.5. The second-order valence-electron chi connectivity index (χ2n) is 26.2. The Hall–Kier alpha value is -3.68. The molecule has 0 radical (unpaired) electrons. The van der Waals surface area contributed by atoms with Gasteiger partial charge in [0.1, 0.15) is 130 Å². The van der Waals surface area contributed by atoms with E-state index in [0.717, 1.165) is 6.08 Å². The maximum Gasteiger partial charge on any atom is 0.330 e. The van der Waals surface area contributed by atoms with E-state index in [2.05, 4.69) is 0 Å². The Morgan fingerprint density at radius 1 is 0.404 bits per heavy atom. The van der Waals surface area contributed by atoms with Crippen LogP contribution < -0.4 is 0 Å². The highest BCUT2D eigenvalue weighted by Gasteiger charge is 2.56. The number of allylic oxidation sites excluding steroid dienone is 2. The van der Waals surface area contributed by atoms with Crippen LogP contribution >= 0.6 is 0 Å². The molecule has 0 aromatic rings. The van der Waals surface area contributed by atoms with Crippen molar-refractivity contribution in [1.29, 1.82) is 0 Å². The van der Waals surface area contributed by atoms with Crippen molar-refractivity contribution in [3.8, 4) is 0 Å². The average molecular weight is 1360 g/mol. The number of ether oxygens (including phenoxy) is 12. The molecule has 9 aliphatic rings. The van der Waals surface area contributed by atoms with Crippen molar-refractivity contribution in [2.45, 2.75) is 274 Å². The molecule has 9 rings (SSSR count). The van der Waals surface area contributed by atoms with Crippen molar-refractivity contribution in [1.82, 2.24) is 0 Å². The normalized spacial score (nSPS) is 47.2. The SMILES string of the molecule is O=C(O)CC(=O)OC[C@H]1O[C@@H](OC2CC3C(O)CC(O)CC3OC2C2CC(O[C@@H]3O[C@H](CO)[C@@H](O)[C@H](O)[C@H]3O)C(O)C(O[C@@H]3O[C@H](COC(=O)C=CC4CCC(O[C@@H]5O[C@H](COC(=O)C=CC6CCC(O)CC6)[C@@H](O)[C@H](O)[C@H]5O)CC4)[C@@H](O)[C@H](O)[C@H]3O)C2)[C@H](O)[C@@H](O)[C@@H]1O. The van der Waals surface area contributed by atoms with Crippen molar-refractivity contribution < 1.29 is 168 Å². The van der Waals surface area contributed by atoms with E-state index in [1.54, 1.807) is 12.2 Å². The van der Waals surface area contributed by atoms with Crippen molar-refractivity contribution in [3.05, 3.63) is 24.3 Å². The molecule has 4 aliphatic carbocycles. The Kier molecular flexibility index (Phi) is 26.5. The molecular formula is C60H92O34. The van der Waals surface area contributed by atoms with Crippen molar-refractivity contribution in [2.24, 2.45) is 23.7 Å². The minimum Gasteiger partial charge on any atom is -0.481 e. The number of carboxylic acid groups (broad SMARTS) is 1. The van der Waals surface area contributed by atoms with Gasteiger partial charge < -0.3 is 149 Å². The van der Waals surface area contributed by atoms with Gasteiger partial charge in [-0.2, -0.15) is 0 Å². The third kappa shape index (κ3) is 18.4. The van der Waals surface area contributed by atoms with Crippen LogP contribution in [0.1, 0.15) is 89.9 Å². The number of hydrogen-bond donors (Lipinski definition) is 18. The maximum atomic E-state index is 13.2. The third-order valence-electron chi connectivity index (χ3n) is 19.5. The van der Waals surface area contributed by atoms with E-state index >= 15 is 0 Å². The van der Waals surface area contributed by atoms with Gasteiger partial charge in [0.25, 0.3) is 0 Å². The molecule has 10 unspecified atom stereocenters. The fourth-order valence-corrected chi connectivity index (χ4v) is 14.0. The molecule has 4 saturated carbocycles. The lowest BCUT2D eigenvalue weighted by Gasteiger charge is -2.52. The van der Waals surface area contributed by atoms with Crippen LogP contribution in [-0.4, -0.2) is 326 Å². The number of esters is 3. The van der Waals surface area contributed by atoms with Gasteiger partial charge in [-0.05, 0) is 101 Å². The lowest BCUT2D eigenvalue weighted by atomic mass is 9.72. The average Bonchev–Trinajstić information content (AvgIpc) is 0.766. The lowest BCUT2D eigenvalue weighted by molar-refractivity contribution is -0.349. The smallest absolute Gasteiger partial charge is 0.330 e. The highest BCUT2D eigenvalue weighted by molar-refractivity contribution is 5.90. The van der Waals surface area contributed by atoms with Crippen LogP contribution in [0.4, 0.5) is 0 Å². The van der Waals surface area contributed by atoms with Crippen LogP contribution in [0.5, 0.6) is 0 Å². The number of hydrogen-bond acceptors (Lipinski definition) is 33. The Bertz CT molecular complexity index is 2500. The summed E-state index contributed by atoms with van der Waals surface area (Å²) in [4.78, 5) is 48.9. The zero-order valence-electron chi connectivity index (χ0n) is 51.2. The van der Waals surface area contributed by atoms with Gasteiger partial charge in [0.05, 0.1) is 61.5 Å². The van der Waals surface area contributed by atoms with E-state index in [-0.39, 0.29) is 50.0 Å². The molecule has 5 aliphatic heterocycles. The Balaban J connectivity index is 0.838. The summed E-state index contributed by atoms with van der Waals surface area (Å²) in [5, 5.41) is 194. The van der Waals surface area contributed by atoms with E-state index in [9.17, 15) is 106 Å². The molecule has 9 fully saturated rings. The van der Waals surface area contributed by atoms with Crippen LogP contribution in [0.3, 0.4) is 0 Å². The van der Waals surface area contributed by atoms with Gasteiger partial charge in [0, 0.05) is 18.1 Å². The van der Waals surface area contributed by atoms with E-state index in [4.69, 9.17) is 61.9 Å². The van der Waals surface area contributed by atoms with Gasteiger partial charge in [-0.25, -0.2) is 9.59 Å². The topological polar surface area (TPSA) is 543 Å². The second kappa shape index (κ2) is 33.5. The zero-order chi connectivity index (χ0) is 68.0. The molecule has 536 valence electrons. The van der Waals surface area contributed by atoms with Gasteiger partial charge in [-0.15, -0.1) is 0 Å². The van der Waals surface area contributed by atoms with Crippen LogP contribution in [0, 0.1) is 23.7 Å². The predicted octanol–water partition coefficient (Wildman–Crippen LogP) is -7.23. The number of carbonyl (C=O) groups is 4. The molecule has 5 heterocycles. The van der Waals surface area contributed by atoms with E-state index in [1.165, 1.54) is 6.08 Å². The summed E-state index contributed by atoms with van der Waals surface area (Å²) < 4.78 is 70.2. The first-order valence-electron chi connectivity index (χ1n) is 32.1. The summed E-state index contributed by atoms with van der Waals surface area (Å²) in [5.41, 5.74) is 0. The monoisotopic (exact) mass is 1360 g/mol. The number of carbonyl (C=O) groups excluding carboxylic acids is 3. The number of aliphatic carboxylic acids is 1. The van der Waals surface area contributed by atoms with E-state index in [1.807, 2.05) is 0 Å². The predicted molar refractivity (Wildman–Crippen MR) is 303 cm³/mol. The minimum atomic E-state index is -2.07. The molecule has 0 aromatic heterocycles. The van der Waals surface area contributed by atoms with Gasteiger partial charge in [0.15, 0.2) is 25.2 Å². The number of carboxylic acids is 1. The van der Waals surface area contributed by atoms with Crippen LogP contribution in [-0.2, 0) is 76.0 Å². The van der Waals surface area contributed by atoms with Crippen LogP contribution in [0.25, 0.3) is 0 Å². The second-order valence-corrected chi connectivity index (χ2v) is 26.2. The summed E-state index contributed by atoms with van der Waals surface area (Å²) in [6.07, 6.45) is -39.0. The largest absolute Gasteiger partial charge is 0.481 e. The molecule has 0 amide bonds. The fourth-order valence-electron chi connectivity index (χ4n) is 14.0. The zero-order valence-corrected chi connectivity index (χ0v) is 51.2. The first-order valence-corrected chi connectivity index (χ1v) is 32.1. The van der Waals surface area contributed by atoms with Crippen molar-refractivity contribution in [2.75, 3.05) is 26.4 Å². The number of fused-ring (bicyclic) bond motifs is 1.